The molecule has 0 aliphatic heterocycles. The fourth-order valence-electron chi connectivity index (χ4n) is 1.85. The predicted molar refractivity (Wildman–Crippen MR) is 65.3 cm³/mol. The average Bonchev–Trinajstić information content (AvgIpc) is 2.66. The number of alkyl halides is 3. The molecule has 7 heteroatoms. The average molecular weight is 284 g/mol. The number of imidazole rings is 1. The van der Waals surface area contributed by atoms with Gasteiger partial charge in [0.25, 0.3) is 0 Å². The maximum Gasteiger partial charge on any atom is 0.416 e. The minimum atomic E-state index is -4.40. The summed E-state index contributed by atoms with van der Waals surface area (Å²) in [6.07, 6.45) is -4.40. The number of hydrogen-bond donors (Lipinski definition) is 1. The largest absolute Gasteiger partial charge is 0.476 e. The third-order valence-corrected chi connectivity index (χ3v) is 3.05. The van der Waals surface area contributed by atoms with Gasteiger partial charge in [-0.2, -0.15) is 13.2 Å². The number of carbonyl (C=O) groups is 1. The van der Waals surface area contributed by atoms with Crippen LogP contribution >= 0.6 is 0 Å². The van der Waals surface area contributed by atoms with Crippen LogP contribution in [0.2, 0.25) is 0 Å². The lowest BCUT2D eigenvalue weighted by Gasteiger charge is -2.07. The van der Waals surface area contributed by atoms with Crippen LogP contribution in [0.25, 0.3) is 11.4 Å². The van der Waals surface area contributed by atoms with Crippen LogP contribution in [-0.4, -0.2) is 20.6 Å². The number of rotatable bonds is 2. The molecule has 4 nitrogen and oxygen atoms in total. The van der Waals surface area contributed by atoms with E-state index in [1.54, 1.807) is 14.0 Å². The van der Waals surface area contributed by atoms with Crippen molar-refractivity contribution in [3.8, 4) is 11.4 Å². The number of nitrogens with zero attached hydrogens (tertiary/aromatic N) is 2. The van der Waals surface area contributed by atoms with E-state index in [-0.39, 0.29) is 5.69 Å². The molecule has 0 radical (unpaired) electrons. The number of carboxylic acids is 1. The molecule has 0 atom stereocenters. The van der Waals surface area contributed by atoms with Crippen molar-refractivity contribution in [2.24, 2.45) is 7.05 Å². The van der Waals surface area contributed by atoms with Crippen molar-refractivity contribution in [2.75, 3.05) is 0 Å². The Hall–Kier alpha value is -2.31. The van der Waals surface area contributed by atoms with Crippen molar-refractivity contribution in [1.82, 2.24) is 9.55 Å². The van der Waals surface area contributed by atoms with Crippen LogP contribution < -0.4 is 0 Å². The topological polar surface area (TPSA) is 55.1 Å². The molecule has 0 saturated carbocycles. The molecule has 0 amide bonds. The van der Waals surface area contributed by atoms with Gasteiger partial charge in [-0.25, -0.2) is 9.78 Å². The summed E-state index contributed by atoms with van der Waals surface area (Å²) >= 11 is 0. The highest BCUT2D eigenvalue weighted by atomic mass is 19.4. The second kappa shape index (κ2) is 4.66. The smallest absolute Gasteiger partial charge is 0.416 e. The molecule has 0 saturated heterocycles. The van der Waals surface area contributed by atoms with E-state index in [9.17, 15) is 18.0 Å². The normalized spacial score (nSPS) is 11.7. The van der Waals surface area contributed by atoms with Gasteiger partial charge in [-0.15, -0.1) is 0 Å². The number of carboxylic acid groups (broad SMARTS) is 1. The third-order valence-electron chi connectivity index (χ3n) is 3.05. The quantitative estimate of drug-likeness (QED) is 0.921. The summed E-state index contributed by atoms with van der Waals surface area (Å²) in [4.78, 5) is 14.9. The molecule has 1 N–H and O–H groups in total. The van der Waals surface area contributed by atoms with Gasteiger partial charge in [0, 0.05) is 18.3 Å². The fraction of sp³-hybridized carbons (Fsp3) is 0.231. The lowest BCUT2D eigenvalue weighted by molar-refractivity contribution is -0.137. The maximum absolute atomic E-state index is 12.5. The highest BCUT2D eigenvalue weighted by molar-refractivity contribution is 5.87. The van der Waals surface area contributed by atoms with Gasteiger partial charge in [0.05, 0.1) is 5.56 Å². The van der Waals surface area contributed by atoms with Gasteiger partial charge in [-0.3, -0.25) is 0 Å². The van der Waals surface area contributed by atoms with Crippen LogP contribution in [0.5, 0.6) is 0 Å². The first-order valence-corrected chi connectivity index (χ1v) is 5.66. The second-order valence-electron chi connectivity index (χ2n) is 4.31. The summed E-state index contributed by atoms with van der Waals surface area (Å²) in [5.41, 5.74) is -0.00321. The number of halogens is 3. The maximum atomic E-state index is 12.5. The lowest BCUT2D eigenvalue weighted by atomic mass is 10.1. The van der Waals surface area contributed by atoms with E-state index in [0.29, 0.717) is 17.1 Å². The summed E-state index contributed by atoms with van der Waals surface area (Å²) in [6, 6.07) is 4.44. The zero-order valence-corrected chi connectivity index (χ0v) is 10.7. The van der Waals surface area contributed by atoms with Crippen molar-refractivity contribution in [1.29, 1.82) is 0 Å². The Morgan fingerprint density at radius 1 is 1.25 bits per heavy atom. The first-order valence-electron chi connectivity index (χ1n) is 5.66. The standard InChI is InChI=1S/C13H11F3N2O2/c1-7-10(12(19)20)17-11(18(7)2)8-3-5-9(6-4-8)13(14,15)16/h3-6H,1-2H3,(H,19,20). The highest BCUT2D eigenvalue weighted by Crippen LogP contribution is 2.31. The molecule has 1 heterocycles. The molecule has 0 aliphatic carbocycles. The lowest BCUT2D eigenvalue weighted by Crippen LogP contribution is -2.04. The Kier molecular flexibility index (Phi) is 3.29. The molecule has 0 aliphatic rings. The predicted octanol–water partition coefficient (Wildman–Crippen LogP) is 3.11. The van der Waals surface area contributed by atoms with Gasteiger partial charge < -0.3 is 9.67 Å². The van der Waals surface area contributed by atoms with E-state index in [2.05, 4.69) is 4.98 Å². The molecule has 0 unspecified atom stereocenters. The molecular weight excluding hydrogens is 273 g/mol. The summed E-state index contributed by atoms with van der Waals surface area (Å²) in [5.74, 6) is -0.857. The Morgan fingerprint density at radius 2 is 1.80 bits per heavy atom. The van der Waals surface area contributed by atoms with Crippen LogP contribution in [0.15, 0.2) is 24.3 Å². The van der Waals surface area contributed by atoms with Crippen molar-refractivity contribution < 1.29 is 23.1 Å². The van der Waals surface area contributed by atoms with Gasteiger partial charge in [0.2, 0.25) is 0 Å². The Balaban J connectivity index is 2.47. The third kappa shape index (κ3) is 2.38. The van der Waals surface area contributed by atoms with Crippen molar-refractivity contribution in [3.05, 3.63) is 41.2 Å². The van der Waals surface area contributed by atoms with Crippen LogP contribution in [0.1, 0.15) is 21.7 Å². The first kappa shape index (κ1) is 14.1. The second-order valence-corrected chi connectivity index (χ2v) is 4.31. The SMILES string of the molecule is Cc1c(C(=O)O)nc(-c2ccc(C(F)(F)F)cc2)n1C. The molecule has 1 aromatic heterocycles. The summed E-state index contributed by atoms with van der Waals surface area (Å²) in [6.45, 7) is 1.59. The molecule has 20 heavy (non-hydrogen) atoms. The molecule has 0 spiro atoms. The van der Waals surface area contributed by atoms with E-state index in [1.807, 2.05) is 0 Å². The Labute approximate surface area is 112 Å². The molecular formula is C13H11F3N2O2. The van der Waals surface area contributed by atoms with Crippen molar-refractivity contribution in [2.45, 2.75) is 13.1 Å². The van der Waals surface area contributed by atoms with E-state index in [0.717, 1.165) is 12.1 Å². The van der Waals surface area contributed by atoms with Crippen LogP contribution in [0, 0.1) is 6.92 Å². The Bertz CT molecular complexity index is 657. The van der Waals surface area contributed by atoms with E-state index in [1.165, 1.54) is 16.7 Å². The monoisotopic (exact) mass is 284 g/mol. The van der Waals surface area contributed by atoms with Gasteiger partial charge in [0.1, 0.15) is 5.82 Å². The zero-order chi connectivity index (χ0) is 15.1. The van der Waals surface area contributed by atoms with E-state index in [4.69, 9.17) is 5.11 Å². The molecule has 106 valence electrons. The Morgan fingerprint density at radius 3 is 2.20 bits per heavy atom. The molecule has 0 fully saturated rings. The minimum Gasteiger partial charge on any atom is -0.476 e. The van der Waals surface area contributed by atoms with E-state index >= 15 is 0 Å². The summed E-state index contributed by atoms with van der Waals surface area (Å²) in [5, 5.41) is 8.98. The van der Waals surface area contributed by atoms with Gasteiger partial charge in [0.15, 0.2) is 5.69 Å². The number of aromatic carboxylic acids is 1. The number of benzene rings is 1. The van der Waals surface area contributed by atoms with Crippen LogP contribution in [0.3, 0.4) is 0 Å². The van der Waals surface area contributed by atoms with Crippen LogP contribution in [-0.2, 0) is 13.2 Å². The van der Waals surface area contributed by atoms with Crippen LogP contribution in [0.4, 0.5) is 13.2 Å². The zero-order valence-electron chi connectivity index (χ0n) is 10.7. The van der Waals surface area contributed by atoms with Gasteiger partial charge in [-0.05, 0) is 19.1 Å². The van der Waals surface area contributed by atoms with Crippen molar-refractivity contribution in [3.63, 3.8) is 0 Å². The summed E-state index contributed by atoms with van der Waals surface area (Å²) < 4.78 is 39.0. The molecule has 0 bridgehead atoms. The minimum absolute atomic E-state index is 0.109. The van der Waals surface area contributed by atoms with Gasteiger partial charge in [-0.1, -0.05) is 12.1 Å². The summed E-state index contributed by atoms with van der Waals surface area (Å²) in [7, 11) is 1.61. The molecule has 2 aromatic rings. The first-order chi connectivity index (χ1) is 9.21. The van der Waals surface area contributed by atoms with Gasteiger partial charge >= 0.3 is 12.1 Å². The number of aromatic nitrogens is 2. The van der Waals surface area contributed by atoms with Crippen molar-refractivity contribution >= 4 is 5.97 Å². The fourth-order valence-corrected chi connectivity index (χ4v) is 1.85. The molecule has 1 aromatic carbocycles. The highest BCUT2D eigenvalue weighted by Gasteiger charge is 2.30. The van der Waals surface area contributed by atoms with E-state index < -0.39 is 17.7 Å². The molecule has 2 rings (SSSR count). The number of hydrogen-bond acceptors (Lipinski definition) is 2.